The Morgan fingerprint density at radius 1 is 0.280 bits per heavy atom. The van der Waals surface area contributed by atoms with Gasteiger partial charge < -0.3 is 8.98 Å². The van der Waals surface area contributed by atoms with E-state index in [9.17, 15) is 0 Å². The minimum atomic E-state index is 0.847. The Labute approximate surface area is 289 Å². The SMILES string of the molecule is c1ccc(-c2cc(-c3ccccc3)cc(-n3c4ccccc4c4cc5c6ccccc6oc6ccccc6c6ccccc6c5cc43)c2)cc1. The first-order chi connectivity index (χ1) is 24.8. The number of aromatic nitrogens is 1. The van der Waals surface area contributed by atoms with E-state index in [0.29, 0.717) is 0 Å². The maximum Gasteiger partial charge on any atom is 0.135 e. The Morgan fingerprint density at radius 2 is 0.740 bits per heavy atom. The van der Waals surface area contributed by atoms with Gasteiger partial charge in [0.15, 0.2) is 0 Å². The smallest absolute Gasteiger partial charge is 0.135 e. The van der Waals surface area contributed by atoms with Gasteiger partial charge in [-0.05, 0) is 92.3 Å². The second-order valence-corrected chi connectivity index (χ2v) is 12.9. The van der Waals surface area contributed by atoms with Crippen LogP contribution >= 0.6 is 0 Å². The van der Waals surface area contributed by atoms with Gasteiger partial charge in [0.2, 0.25) is 0 Å². The maximum atomic E-state index is 6.76. The average molecular weight is 638 g/mol. The molecular formula is C48H31NO. The van der Waals surface area contributed by atoms with Crippen molar-refractivity contribution in [3.63, 3.8) is 0 Å². The van der Waals surface area contributed by atoms with Crippen molar-refractivity contribution in [3.05, 3.63) is 188 Å². The van der Waals surface area contributed by atoms with Crippen molar-refractivity contribution in [2.75, 3.05) is 0 Å². The van der Waals surface area contributed by atoms with Crippen LogP contribution in [-0.2, 0) is 0 Å². The highest BCUT2D eigenvalue weighted by atomic mass is 16.3. The van der Waals surface area contributed by atoms with Crippen LogP contribution in [0.1, 0.15) is 0 Å². The van der Waals surface area contributed by atoms with Gasteiger partial charge in [-0.3, -0.25) is 0 Å². The summed E-state index contributed by atoms with van der Waals surface area (Å²) in [6, 6.07) is 67.5. The van der Waals surface area contributed by atoms with Crippen LogP contribution in [0.25, 0.3) is 93.2 Å². The summed E-state index contributed by atoms with van der Waals surface area (Å²) in [5.74, 6) is 0. The van der Waals surface area contributed by atoms with E-state index in [1.807, 2.05) is 6.07 Å². The molecule has 0 aliphatic carbocycles. The third-order valence-corrected chi connectivity index (χ3v) is 9.99. The number of benzene rings is 8. The minimum absolute atomic E-state index is 0.847. The molecule has 2 aromatic heterocycles. The van der Waals surface area contributed by atoms with Gasteiger partial charge in [-0.25, -0.2) is 0 Å². The molecule has 0 bridgehead atoms. The molecule has 0 radical (unpaired) electrons. The predicted octanol–water partition coefficient (Wildman–Crippen LogP) is 13.4. The van der Waals surface area contributed by atoms with Crippen molar-refractivity contribution in [2.45, 2.75) is 0 Å². The normalized spacial score (nSPS) is 11.6. The van der Waals surface area contributed by atoms with Crippen LogP contribution < -0.4 is 0 Å². The molecule has 0 spiro atoms. The van der Waals surface area contributed by atoms with Gasteiger partial charge in [0.05, 0.1) is 11.0 Å². The van der Waals surface area contributed by atoms with Crippen LogP contribution in [0.2, 0.25) is 0 Å². The van der Waals surface area contributed by atoms with Crippen LogP contribution in [0.5, 0.6) is 0 Å². The molecule has 2 heterocycles. The monoisotopic (exact) mass is 637 g/mol. The number of hydrogen-bond donors (Lipinski definition) is 0. The number of para-hydroxylation sites is 3. The molecule has 0 saturated carbocycles. The van der Waals surface area contributed by atoms with Crippen molar-refractivity contribution in [3.8, 4) is 27.9 Å². The summed E-state index contributed by atoms with van der Waals surface area (Å²) in [6.07, 6.45) is 0. The first-order valence-corrected chi connectivity index (χ1v) is 17.1. The zero-order valence-electron chi connectivity index (χ0n) is 27.3. The van der Waals surface area contributed by atoms with Crippen LogP contribution in [0, 0.1) is 0 Å². The van der Waals surface area contributed by atoms with Gasteiger partial charge in [0.25, 0.3) is 0 Å². The molecule has 0 saturated heterocycles. The molecule has 10 rings (SSSR count). The Balaban J connectivity index is 1.41. The number of hydrogen-bond acceptors (Lipinski definition) is 1. The van der Waals surface area contributed by atoms with Gasteiger partial charge in [-0.2, -0.15) is 0 Å². The Morgan fingerprint density at radius 3 is 1.36 bits per heavy atom. The highest BCUT2D eigenvalue weighted by molar-refractivity contribution is 6.23. The summed E-state index contributed by atoms with van der Waals surface area (Å²) >= 11 is 0. The molecule has 0 aliphatic heterocycles. The molecular weight excluding hydrogens is 607 g/mol. The van der Waals surface area contributed by atoms with Crippen molar-refractivity contribution in [1.29, 1.82) is 0 Å². The Bertz CT molecular complexity index is 2910. The summed E-state index contributed by atoms with van der Waals surface area (Å²) in [4.78, 5) is 0. The van der Waals surface area contributed by atoms with Gasteiger partial charge in [0, 0.05) is 27.2 Å². The standard InChI is InChI=1S/C48H31NO/c1-3-15-32(16-4-1)34-27-35(33-17-5-2-6-18-33)29-36(28-34)49-45-24-12-9-21-39(45)44-30-42-41-23-11-14-26-48(41)50-47-25-13-10-22-40(47)37-19-7-8-20-38(37)43(42)31-46(44)49/h1-31H. The van der Waals surface area contributed by atoms with E-state index in [0.717, 1.165) is 43.9 Å². The second kappa shape index (κ2) is 11.5. The summed E-state index contributed by atoms with van der Waals surface area (Å²) in [6.45, 7) is 0. The maximum absolute atomic E-state index is 6.76. The van der Waals surface area contributed by atoms with E-state index in [1.54, 1.807) is 0 Å². The molecule has 10 aromatic rings. The third kappa shape index (κ3) is 4.57. The number of fused-ring (bicyclic) bond motifs is 10. The van der Waals surface area contributed by atoms with E-state index in [-0.39, 0.29) is 0 Å². The fourth-order valence-corrected chi connectivity index (χ4v) is 7.70. The van der Waals surface area contributed by atoms with E-state index < -0.39 is 0 Å². The van der Waals surface area contributed by atoms with Gasteiger partial charge >= 0.3 is 0 Å². The molecule has 234 valence electrons. The lowest BCUT2D eigenvalue weighted by molar-refractivity contribution is 0.663. The van der Waals surface area contributed by atoms with Crippen molar-refractivity contribution < 1.29 is 4.42 Å². The van der Waals surface area contributed by atoms with Crippen LogP contribution in [0.4, 0.5) is 0 Å². The van der Waals surface area contributed by atoms with Crippen molar-refractivity contribution in [1.82, 2.24) is 4.57 Å². The second-order valence-electron chi connectivity index (χ2n) is 12.9. The molecule has 0 unspecified atom stereocenters. The molecule has 0 aliphatic rings. The quantitative estimate of drug-likeness (QED) is 0.188. The lowest BCUT2D eigenvalue weighted by Gasteiger charge is -2.14. The van der Waals surface area contributed by atoms with Crippen LogP contribution in [0.15, 0.2) is 192 Å². The molecule has 0 N–H and O–H groups in total. The predicted molar refractivity (Wildman–Crippen MR) is 212 cm³/mol. The summed E-state index contributed by atoms with van der Waals surface area (Å²) < 4.78 is 9.21. The van der Waals surface area contributed by atoms with E-state index in [2.05, 4.69) is 187 Å². The first-order valence-electron chi connectivity index (χ1n) is 17.1. The summed E-state index contributed by atoms with van der Waals surface area (Å²) in [7, 11) is 0. The van der Waals surface area contributed by atoms with E-state index in [1.165, 1.54) is 49.3 Å². The average Bonchev–Trinajstić information content (AvgIpc) is 3.53. The first kappa shape index (κ1) is 28.4. The Kier molecular flexibility index (Phi) is 6.53. The van der Waals surface area contributed by atoms with E-state index in [4.69, 9.17) is 4.42 Å². The molecule has 8 aromatic carbocycles. The van der Waals surface area contributed by atoms with Gasteiger partial charge in [-0.1, -0.05) is 140 Å². The molecule has 2 heteroatoms. The molecule has 50 heavy (non-hydrogen) atoms. The molecule has 2 nitrogen and oxygen atoms in total. The van der Waals surface area contributed by atoms with Gasteiger partial charge in [-0.15, -0.1) is 0 Å². The van der Waals surface area contributed by atoms with Crippen LogP contribution in [-0.4, -0.2) is 4.57 Å². The third-order valence-electron chi connectivity index (χ3n) is 9.99. The zero-order chi connectivity index (χ0) is 33.0. The van der Waals surface area contributed by atoms with E-state index >= 15 is 0 Å². The Hall–Kier alpha value is -6.64. The zero-order valence-corrected chi connectivity index (χ0v) is 27.3. The minimum Gasteiger partial charge on any atom is -0.456 e. The highest BCUT2D eigenvalue weighted by Crippen LogP contribution is 2.40. The number of rotatable bonds is 3. The van der Waals surface area contributed by atoms with Crippen molar-refractivity contribution >= 4 is 65.3 Å². The highest BCUT2D eigenvalue weighted by Gasteiger charge is 2.17. The van der Waals surface area contributed by atoms with Crippen LogP contribution in [0.3, 0.4) is 0 Å². The van der Waals surface area contributed by atoms with Crippen molar-refractivity contribution in [2.24, 2.45) is 0 Å². The summed E-state index contributed by atoms with van der Waals surface area (Å²) in [5, 5.41) is 9.22. The number of nitrogens with zero attached hydrogens (tertiary/aromatic N) is 1. The lowest BCUT2D eigenvalue weighted by Crippen LogP contribution is -1.96. The molecule has 0 amide bonds. The largest absolute Gasteiger partial charge is 0.456 e. The topological polar surface area (TPSA) is 18.1 Å². The molecule has 0 atom stereocenters. The summed E-state index contributed by atoms with van der Waals surface area (Å²) in [5.41, 5.74) is 9.91. The van der Waals surface area contributed by atoms with Gasteiger partial charge in [0.1, 0.15) is 11.2 Å². The lowest BCUT2D eigenvalue weighted by atomic mass is 9.97. The fraction of sp³-hybridized carbons (Fsp3) is 0. The molecule has 0 fully saturated rings. The fourth-order valence-electron chi connectivity index (χ4n) is 7.70.